The number of carboxylic acid groups (broad SMARTS) is 1. The number of hydrogen-bond donors (Lipinski definition) is 3. The standard InChI is InChI=1S/C12H20N2O7/c1-20-10(16)3-2-9(11(17)18)13-12(19)14-4-5-21-8(6-14)7-15/h8-9,15H,2-7H2,1H3,(H,13,19)(H,17,18)/t8?,9-/m0/s1. The lowest BCUT2D eigenvalue weighted by Gasteiger charge is -2.32. The third-order valence-corrected chi connectivity index (χ3v) is 3.09. The van der Waals surface area contributed by atoms with Gasteiger partial charge in [-0.25, -0.2) is 9.59 Å². The van der Waals surface area contributed by atoms with Crippen LogP contribution in [-0.4, -0.2) is 78.6 Å². The van der Waals surface area contributed by atoms with Gasteiger partial charge in [0.1, 0.15) is 6.04 Å². The van der Waals surface area contributed by atoms with E-state index < -0.39 is 30.1 Å². The van der Waals surface area contributed by atoms with E-state index >= 15 is 0 Å². The van der Waals surface area contributed by atoms with Crippen LogP contribution in [0.2, 0.25) is 0 Å². The SMILES string of the molecule is COC(=O)CC[C@H](NC(=O)N1CCOC(CO)C1)C(=O)O. The Balaban J connectivity index is 2.51. The van der Waals surface area contributed by atoms with E-state index in [1.54, 1.807) is 0 Å². The molecule has 0 aromatic heterocycles. The largest absolute Gasteiger partial charge is 0.480 e. The second-order valence-corrected chi connectivity index (χ2v) is 4.58. The highest BCUT2D eigenvalue weighted by Gasteiger charge is 2.27. The quantitative estimate of drug-likeness (QED) is 0.526. The van der Waals surface area contributed by atoms with Crippen LogP contribution in [0.5, 0.6) is 0 Å². The third-order valence-electron chi connectivity index (χ3n) is 3.09. The van der Waals surface area contributed by atoms with Crippen LogP contribution in [-0.2, 0) is 19.1 Å². The molecule has 1 fully saturated rings. The number of aliphatic hydroxyl groups excluding tert-OH is 1. The van der Waals surface area contributed by atoms with Crippen molar-refractivity contribution in [3.63, 3.8) is 0 Å². The molecule has 1 unspecified atom stereocenters. The van der Waals surface area contributed by atoms with Gasteiger partial charge in [0.25, 0.3) is 0 Å². The summed E-state index contributed by atoms with van der Waals surface area (Å²) < 4.78 is 9.64. The molecular weight excluding hydrogens is 284 g/mol. The van der Waals surface area contributed by atoms with Crippen LogP contribution in [0.25, 0.3) is 0 Å². The Morgan fingerprint density at radius 1 is 1.48 bits per heavy atom. The van der Waals surface area contributed by atoms with Gasteiger partial charge in [-0.2, -0.15) is 0 Å². The minimum absolute atomic E-state index is 0.0541. The number of aliphatic carboxylic acids is 1. The molecule has 0 aromatic rings. The van der Waals surface area contributed by atoms with E-state index in [1.807, 2.05) is 0 Å². The molecule has 2 amide bonds. The summed E-state index contributed by atoms with van der Waals surface area (Å²) in [5.41, 5.74) is 0. The highest BCUT2D eigenvalue weighted by atomic mass is 16.5. The van der Waals surface area contributed by atoms with Crippen molar-refractivity contribution in [2.75, 3.05) is 33.4 Å². The summed E-state index contributed by atoms with van der Waals surface area (Å²) in [5, 5.41) is 20.4. The smallest absolute Gasteiger partial charge is 0.326 e. The zero-order valence-electron chi connectivity index (χ0n) is 11.8. The van der Waals surface area contributed by atoms with Gasteiger partial charge in [0.05, 0.1) is 33.0 Å². The van der Waals surface area contributed by atoms with E-state index in [2.05, 4.69) is 10.1 Å². The maximum absolute atomic E-state index is 12.0. The highest BCUT2D eigenvalue weighted by molar-refractivity contribution is 5.83. The summed E-state index contributed by atoms with van der Waals surface area (Å²) in [6, 6.07) is -1.74. The fraction of sp³-hybridized carbons (Fsp3) is 0.750. The van der Waals surface area contributed by atoms with Gasteiger partial charge >= 0.3 is 18.0 Å². The molecule has 1 rings (SSSR count). The van der Waals surface area contributed by atoms with Crippen molar-refractivity contribution >= 4 is 18.0 Å². The molecular formula is C12H20N2O7. The summed E-state index contributed by atoms with van der Waals surface area (Å²) in [6.07, 6.45) is -0.625. The van der Waals surface area contributed by atoms with Crippen molar-refractivity contribution in [1.82, 2.24) is 10.2 Å². The van der Waals surface area contributed by atoms with Crippen molar-refractivity contribution in [1.29, 1.82) is 0 Å². The zero-order chi connectivity index (χ0) is 15.8. The number of esters is 1. The lowest BCUT2D eigenvalue weighted by atomic mass is 10.1. The van der Waals surface area contributed by atoms with E-state index in [1.165, 1.54) is 12.0 Å². The summed E-state index contributed by atoms with van der Waals surface area (Å²) in [6.45, 7) is 0.560. The fourth-order valence-corrected chi connectivity index (χ4v) is 1.88. The van der Waals surface area contributed by atoms with Gasteiger partial charge in [-0.05, 0) is 6.42 Å². The molecule has 1 aliphatic heterocycles. The molecule has 3 N–H and O–H groups in total. The topological polar surface area (TPSA) is 125 Å². The minimum Gasteiger partial charge on any atom is -0.480 e. The predicted molar refractivity (Wildman–Crippen MR) is 69.6 cm³/mol. The van der Waals surface area contributed by atoms with Crippen molar-refractivity contribution in [3.05, 3.63) is 0 Å². The van der Waals surface area contributed by atoms with Crippen LogP contribution in [0, 0.1) is 0 Å². The number of methoxy groups -OCH3 is 1. The van der Waals surface area contributed by atoms with Crippen LogP contribution < -0.4 is 5.32 Å². The van der Waals surface area contributed by atoms with Gasteiger partial charge in [-0.1, -0.05) is 0 Å². The number of nitrogens with zero attached hydrogens (tertiary/aromatic N) is 1. The first kappa shape index (κ1) is 17.2. The maximum atomic E-state index is 12.0. The van der Waals surface area contributed by atoms with Gasteiger partial charge in [-0.15, -0.1) is 0 Å². The Bertz CT molecular complexity index is 388. The first-order chi connectivity index (χ1) is 9.97. The molecule has 0 aromatic carbocycles. The van der Waals surface area contributed by atoms with Gasteiger partial charge in [0, 0.05) is 13.0 Å². The average Bonchev–Trinajstić information content (AvgIpc) is 2.50. The molecule has 21 heavy (non-hydrogen) atoms. The number of morpholine rings is 1. The number of aliphatic hydroxyl groups is 1. The molecule has 0 spiro atoms. The number of hydrogen-bond acceptors (Lipinski definition) is 6. The molecule has 1 aliphatic rings. The molecule has 0 aliphatic carbocycles. The van der Waals surface area contributed by atoms with Crippen molar-refractivity contribution in [3.8, 4) is 0 Å². The third kappa shape index (κ3) is 5.56. The lowest BCUT2D eigenvalue weighted by Crippen LogP contribution is -2.54. The van der Waals surface area contributed by atoms with E-state index in [0.29, 0.717) is 6.54 Å². The minimum atomic E-state index is -1.22. The molecule has 1 heterocycles. The van der Waals surface area contributed by atoms with Gasteiger partial charge in [0.2, 0.25) is 0 Å². The second kappa shape index (κ2) is 8.42. The first-order valence-corrected chi connectivity index (χ1v) is 6.55. The molecule has 120 valence electrons. The first-order valence-electron chi connectivity index (χ1n) is 6.55. The molecule has 0 bridgehead atoms. The van der Waals surface area contributed by atoms with Crippen LogP contribution in [0.1, 0.15) is 12.8 Å². The Labute approximate surface area is 121 Å². The summed E-state index contributed by atoms with van der Waals surface area (Å²) in [4.78, 5) is 35.5. The Kier molecular flexibility index (Phi) is 6.89. The number of amides is 2. The van der Waals surface area contributed by atoms with E-state index in [9.17, 15) is 14.4 Å². The van der Waals surface area contributed by atoms with Crippen LogP contribution in [0.15, 0.2) is 0 Å². The summed E-state index contributed by atoms with van der Waals surface area (Å²) in [5.74, 6) is -1.76. The average molecular weight is 304 g/mol. The van der Waals surface area contributed by atoms with Gasteiger partial charge in [0.15, 0.2) is 0 Å². The molecule has 9 nitrogen and oxygen atoms in total. The number of rotatable bonds is 6. The number of carbonyl (C=O) groups is 3. The van der Waals surface area contributed by atoms with Crippen molar-refractivity contribution < 1.29 is 34.1 Å². The molecule has 0 saturated carbocycles. The summed E-state index contributed by atoms with van der Waals surface area (Å²) >= 11 is 0. The zero-order valence-corrected chi connectivity index (χ0v) is 11.8. The van der Waals surface area contributed by atoms with Gasteiger partial charge in [-0.3, -0.25) is 4.79 Å². The lowest BCUT2D eigenvalue weighted by molar-refractivity contribution is -0.142. The monoisotopic (exact) mass is 304 g/mol. The van der Waals surface area contributed by atoms with E-state index in [4.69, 9.17) is 14.9 Å². The number of nitrogens with one attached hydrogen (secondary N) is 1. The summed E-state index contributed by atoms with van der Waals surface area (Å²) in [7, 11) is 1.21. The van der Waals surface area contributed by atoms with Crippen LogP contribution in [0.4, 0.5) is 4.79 Å². The fourth-order valence-electron chi connectivity index (χ4n) is 1.88. The number of carboxylic acids is 1. The second-order valence-electron chi connectivity index (χ2n) is 4.58. The molecule has 0 radical (unpaired) electrons. The number of urea groups is 1. The van der Waals surface area contributed by atoms with Crippen LogP contribution >= 0.6 is 0 Å². The van der Waals surface area contributed by atoms with E-state index in [-0.39, 0.29) is 32.6 Å². The Morgan fingerprint density at radius 2 is 2.19 bits per heavy atom. The molecule has 9 heteroatoms. The molecule has 1 saturated heterocycles. The Hall–Kier alpha value is -1.87. The maximum Gasteiger partial charge on any atom is 0.326 e. The van der Waals surface area contributed by atoms with Gasteiger partial charge < -0.3 is 29.9 Å². The predicted octanol–water partition coefficient (Wildman–Crippen LogP) is -1.20. The number of carbonyl (C=O) groups excluding carboxylic acids is 2. The van der Waals surface area contributed by atoms with Crippen molar-refractivity contribution in [2.45, 2.75) is 25.0 Å². The number of ether oxygens (including phenoxy) is 2. The highest BCUT2D eigenvalue weighted by Crippen LogP contribution is 2.06. The molecule has 2 atom stereocenters. The Morgan fingerprint density at radius 3 is 2.76 bits per heavy atom. The van der Waals surface area contributed by atoms with E-state index in [0.717, 1.165) is 0 Å². The van der Waals surface area contributed by atoms with Crippen LogP contribution in [0.3, 0.4) is 0 Å². The van der Waals surface area contributed by atoms with Crippen molar-refractivity contribution in [2.24, 2.45) is 0 Å². The normalized spacial score (nSPS) is 19.7.